The third kappa shape index (κ3) is 4.17. The summed E-state index contributed by atoms with van der Waals surface area (Å²) in [5, 5.41) is 0. The zero-order valence-corrected chi connectivity index (χ0v) is 10.6. The molecule has 0 N–H and O–H groups in total. The molecule has 0 spiro atoms. The minimum atomic E-state index is -0.353. The molecule has 1 unspecified atom stereocenters. The van der Waals surface area contributed by atoms with E-state index in [1.54, 1.807) is 18.2 Å². The standard InChI is InChI=1S/C15H18O3/c1-3-4-8-13(11-14(16)18-2)15(17)12-9-6-5-7-10-12/h3,5-7,9-10,13H,1,4,8,11H2,2H3. The Bertz CT molecular complexity index is 409. The van der Waals surface area contributed by atoms with Gasteiger partial charge in [-0.3, -0.25) is 9.59 Å². The summed E-state index contributed by atoms with van der Waals surface area (Å²) in [6, 6.07) is 9.02. The quantitative estimate of drug-likeness (QED) is 0.422. The summed E-state index contributed by atoms with van der Waals surface area (Å²) in [6.45, 7) is 3.64. The van der Waals surface area contributed by atoms with Crippen LogP contribution in [0.3, 0.4) is 0 Å². The molecular weight excluding hydrogens is 228 g/mol. The number of carbonyl (C=O) groups excluding carboxylic acids is 2. The molecular formula is C15H18O3. The molecule has 1 aromatic carbocycles. The van der Waals surface area contributed by atoms with E-state index in [1.165, 1.54) is 7.11 Å². The first-order chi connectivity index (χ1) is 8.69. The predicted molar refractivity (Wildman–Crippen MR) is 70.3 cm³/mol. The lowest BCUT2D eigenvalue weighted by Crippen LogP contribution is -2.19. The first-order valence-corrected chi connectivity index (χ1v) is 5.96. The summed E-state index contributed by atoms with van der Waals surface area (Å²) in [7, 11) is 1.33. The smallest absolute Gasteiger partial charge is 0.306 e. The van der Waals surface area contributed by atoms with Crippen LogP contribution in [-0.2, 0) is 9.53 Å². The average Bonchev–Trinajstić information content (AvgIpc) is 2.43. The Labute approximate surface area is 107 Å². The Morgan fingerprint density at radius 2 is 2.00 bits per heavy atom. The van der Waals surface area contributed by atoms with Crippen LogP contribution in [0.4, 0.5) is 0 Å². The molecule has 3 heteroatoms. The van der Waals surface area contributed by atoms with E-state index in [2.05, 4.69) is 11.3 Å². The number of Topliss-reactive ketones (excluding diaryl/α,β-unsaturated/α-hetero) is 1. The topological polar surface area (TPSA) is 43.4 Å². The molecule has 0 radical (unpaired) electrons. The Balaban J connectivity index is 2.78. The van der Waals surface area contributed by atoms with E-state index in [4.69, 9.17) is 0 Å². The molecule has 0 bridgehead atoms. The van der Waals surface area contributed by atoms with E-state index in [0.29, 0.717) is 18.4 Å². The maximum atomic E-state index is 12.3. The third-order valence-corrected chi connectivity index (χ3v) is 2.79. The van der Waals surface area contributed by atoms with Crippen LogP contribution < -0.4 is 0 Å². The highest BCUT2D eigenvalue weighted by Crippen LogP contribution is 2.18. The molecule has 0 aliphatic carbocycles. The Morgan fingerprint density at radius 1 is 1.33 bits per heavy atom. The first-order valence-electron chi connectivity index (χ1n) is 5.96. The molecule has 3 nitrogen and oxygen atoms in total. The maximum Gasteiger partial charge on any atom is 0.306 e. The highest BCUT2D eigenvalue weighted by molar-refractivity contribution is 5.99. The van der Waals surface area contributed by atoms with Gasteiger partial charge in [0.2, 0.25) is 0 Å². The van der Waals surface area contributed by atoms with Crippen molar-refractivity contribution in [2.75, 3.05) is 7.11 Å². The maximum absolute atomic E-state index is 12.3. The van der Waals surface area contributed by atoms with Crippen molar-refractivity contribution in [2.45, 2.75) is 19.3 Å². The summed E-state index contributed by atoms with van der Waals surface area (Å²) in [4.78, 5) is 23.6. The van der Waals surface area contributed by atoms with Gasteiger partial charge in [-0.05, 0) is 12.8 Å². The summed E-state index contributed by atoms with van der Waals surface area (Å²) in [5.74, 6) is -0.700. The van der Waals surface area contributed by atoms with Gasteiger partial charge < -0.3 is 4.74 Å². The zero-order chi connectivity index (χ0) is 13.4. The van der Waals surface area contributed by atoms with E-state index in [0.717, 1.165) is 0 Å². The minimum Gasteiger partial charge on any atom is -0.469 e. The lowest BCUT2D eigenvalue weighted by atomic mass is 9.90. The van der Waals surface area contributed by atoms with Gasteiger partial charge in [-0.15, -0.1) is 6.58 Å². The fraction of sp³-hybridized carbons (Fsp3) is 0.333. The molecule has 0 aromatic heterocycles. The lowest BCUT2D eigenvalue weighted by Gasteiger charge is -2.13. The second-order valence-electron chi connectivity index (χ2n) is 4.07. The van der Waals surface area contributed by atoms with Gasteiger partial charge in [0.1, 0.15) is 0 Å². The number of esters is 1. The van der Waals surface area contributed by atoms with E-state index >= 15 is 0 Å². The third-order valence-electron chi connectivity index (χ3n) is 2.79. The van der Waals surface area contributed by atoms with Gasteiger partial charge >= 0.3 is 5.97 Å². The number of allylic oxidation sites excluding steroid dienone is 1. The van der Waals surface area contributed by atoms with Crippen LogP contribution in [0.15, 0.2) is 43.0 Å². The number of ether oxygens (including phenoxy) is 1. The number of methoxy groups -OCH3 is 1. The van der Waals surface area contributed by atoms with Gasteiger partial charge in [-0.25, -0.2) is 0 Å². The molecule has 0 aliphatic heterocycles. The molecule has 0 saturated carbocycles. The Hall–Kier alpha value is -1.90. The molecule has 18 heavy (non-hydrogen) atoms. The van der Waals surface area contributed by atoms with Crippen molar-refractivity contribution in [3.8, 4) is 0 Å². The van der Waals surface area contributed by atoms with Crippen LogP contribution in [0, 0.1) is 5.92 Å². The Morgan fingerprint density at radius 3 is 2.56 bits per heavy atom. The molecule has 0 fully saturated rings. The molecule has 1 atom stereocenters. The van der Waals surface area contributed by atoms with Crippen molar-refractivity contribution >= 4 is 11.8 Å². The highest BCUT2D eigenvalue weighted by atomic mass is 16.5. The van der Waals surface area contributed by atoms with Crippen LogP contribution in [0.1, 0.15) is 29.6 Å². The summed E-state index contributed by atoms with van der Waals surface area (Å²) in [5.41, 5.74) is 0.635. The Kier molecular flexibility index (Phi) is 5.85. The van der Waals surface area contributed by atoms with E-state index in [1.807, 2.05) is 18.2 Å². The molecule has 0 amide bonds. The molecule has 1 rings (SSSR count). The van der Waals surface area contributed by atoms with Crippen LogP contribution in [0.2, 0.25) is 0 Å². The van der Waals surface area contributed by atoms with Crippen molar-refractivity contribution in [3.05, 3.63) is 48.6 Å². The van der Waals surface area contributed by atoms with Crippen LogP contribution >= 0.6 is 0 Å². The monoisotopic (exact) mass is 246 g/mol. The van der Waals surface area contributed by atoms with E-state index in [9.17, 15) is 9.59 Å². The van der Waals surface area contributed by atoms with Gasteiger partial charge in [0.05, 0.1) is 13.5 Å². The molecule has 0 aliphatic rings. The second kappa shape index (κ2) is 7.43. The van der Waals surface area contributed by atoms with Crippen molar-refractivity contribution < 1.29 is 14.3 Å². The molecule has 0 heterocycles. The van der Waals surface area contributed by atoms with E-state index < -0.39 is 0 Å². The number of carbonyl (C=O) groups is 2. The summed E-state index contributed by atoms with van der Waals surface area (Å²) < 4.78 is 4.63. The van der Waals surface area contributed by atoms with Gasteiger partial charge in [-0.2, -0.15) is 0 Å². The van der Waals surface area contributed by atoms with Gasteiger partial charge in [0.25, 0.3) is 0 Å². The zero-order valence-electron chi connectivity index (χ0n) is 10.6. The van der Waals surface area contributed by atoms with Crippen LogP contribution in [0.25, 0.3) is 0 Å². The van der Waals surface area contributed by atoms with Gasteiger partial charge in [0, 0.05) is 11.5 Å². The molecule has 96 valence electrons. The highest BCUT2D eigenvalue weighted by Gasteiger charge is 2.22. The largest absolute Gasteiger partial charge is 0.469 e. The van der Waals surface area contributed by atoms with Crippen molar-refractivity contribution in [3.63, 3.8) is 0 Å². The number of benzene rings is 1. The number of hydrogen-bond acceptors (Lipinski definition) is 3. The lowest BCUT2D eigenvalue weighted by molar-refractivity contribution is -0.141. The van der Waals surface area contributed by atoms with Crippen LogP contribution in [0.5, 0.6) is 0 Å². The fourth-order valence-electron chi connectivity index (χ4n) is 1.77. The molecule has 1 aromatic rings. The fourth-order valence-corrected chi connectivity index (χ4v) is 1.77. The SMILES string of the molecule is C=CCCC(CC(=O)OC)C(=O)c1ccccc1. The first kappa shape index (κ1) is 14.2. The predicted octanol–water partition coefficient (Wildman–Crippen LogP) is 3.01. The minimum absolute atomic E-state index is 0.0112. The van der Waals surface area contributed by atoms with Crippen LogP contribution in [-0.4, -0.2) is 18.9 Å². The number of ketones is 1. The van der Waals surface area contributed by atoms with Crippen molar-refractivity contribution in [1.82, 2.24) is 0 Å². The average molecular weight is 246 g/mol. The summed E-state index contributed by atoms with van der Waals surface area (Å²) >= 11 is 0. The van der Waals surface area contributed by atoms with Gasteiger partial charge in [-0.1, -0.05) is 36.4 Å². The van der Waals surface area contributed by atoms with Crippen molar-refractivity contribution in [2.24, 2.45) is 5.92 Å². The normalized spacial score (nSPS) is 11.6. The molecule has 0 saturated heterocycles. The second-order valence-corrected chi connectivity index (χ2v) is 4.07. The van der Waals surface area contributed by atoms with Gasteiger partial charge in [0.15, 0.2) is 5.78 Å². The number of hydrogen-bond donors (Lipinski definition) is 0. The number of rotatable bonds is 7. The van der Waals surface area contributed by atoms with E-state index in [-0.39, 0.29) is 24.1 Å². The summed E-state index contributed by atoms with van der Waals surface area (Å²) in [6.07, 6.45) is 3.20. The van der Waals surface area contributed by atoms with Crippen molar-refractivity contribution in [1.29, 1.82) is 0 Å².